The number of rotatable bonds is 4. The summed E-state index contributed by atoms with van der Waals surface area (Å²) >= 11 is 0. The van der Waals surface area contributed by atoms with Crippen LogP contribution in [0.4, 0.5) is 8.78 Å². The molecule has 1 amide bonds. The van der Waals surface area contributed by atoms with Gasteiger partial charge >= 0.3 is 6.55 Å². The van der Waals surface area contributed by atoms with Crippen molar-refractivity contribution in [1.29, 1.82) is 0 Å². The Bertz CT molecular complexity index is 687. The molecule has 0 saturated carbocycles. The fraction of sp³-hybridized carbons (Fsp3) is 0.375. The lowest BCUT2D eigenvalue weighted by Crippen LogP contribution is -2.30. The largest absolute Gasteiger partial charge is 0.493 e. The average molecular weight is 321 g/mol. The van der Waals surface area contributed by atoms with Crippen molar-refractivity contribution < 1.29 is 18.3 Å². The first kappa shape index (κ1) is 15.5. The predicted molar refractivity (Wildman–Crippen MR) is 79.6 cm³/mol. The minimum atomic E-state index is -2.74. The average Bonchev–Trinajstić information content (AvgIpc) is 2.95. The molecule has 3 rings (SSSR count). The van der Waals surface area contributed by atoms with Crippen molar-refractivity contribution >= 4 is 5.91 Å². The normalized spacial score (nSPS) is 17.3. The lowest BCUT2D eigenvalue weighted by molar-refractivity contribution is 0.0559. The number of fused-ring (bicyclic) bond motifs is 1. The first-order valence-corrected chi connectivity index (χ1v) is 7.45. The van der Waals surface area contributed by atoms with Crippen LogP contribution in [-0.4, -0.2) is 28.8 Å². The number of carbonyl (C=O) groups is 1. The summed E-state index contributed by atoms with van der Waals surface area (Å²) in [4.78, 5) is 12.0. The van der Waals surface area contributed by atoms with E-state index in [4.69, 9.17) is 4.74 Å². The number of nitrogens with one attached hydrogen (secondary N) is 1. The van der Waals surface area contributed by atoms with Crippen LogP contribution in [-0.2, 0) is 6.42 Å². The van der Waals surface area contributed by atoms with Gasteiger partial charge in [0.05, 0.1) is 6.61 Å². The van der Waals surface area contributed by atoms with Crippen LogP contribution in [0.2, 0.25) is 0 Å². The van der Waals surface area contributed by atoms with Gasteiger partial charge in [-0.2, -0.15) is 13.9 Å². The van der Waals surface area contributed by atoms with Gasteiger partial charge in [-0.1, -0.05) is 18.2 Å². The molecule has 7 heteroatoms. The van der Waals surface area contributed by atoms with E-state index in [-0.39, 0.29) is 11.6 Å². The fourth-order valence-corrected chi connectivity index (χ4v) is 2.63. The van der Waals surface area contributed by atoms with E-state index in [0.29, 0.717) is 17.8 Å². The number of hydrogen-bond donors (Lipinski definition) is 1. The van der Waals surface area contributed by atoms with Gasteiger partial charge in [0.15, 0.2) is 0 Å². The summed E-state index contributed by atoms with van der Waals surface area (Å²) in [5.74, 6) is 0.680. The summed E-state index contributed by atoms with van der Waals surface area (Å²) in [5, 5.41) is 6.32. The highest BCUT2D eigenvalue weighted by atomic mass is 19.3. The maximum Gasteiger partial charge on any atom is 0.333 e. The Morgan fingerprint density at radius 3 is 3.00 bits per heavy atom. The van der Waals surface area contributed by atoms with Gasteiger partial charge in [0, 0.05) is 12.7 Å². The van der Waals surface area contributed by atoms with Crippen LogP contribution in [0.3, 0.4) is 0 Å². The minimum Gasteiger partial charge on any atom is -0.493 e. The molecule has 5 nitrogen and oxygen atoms in total. The van der Waals surface area contributed by atoms with E-state index >= 15 is 0 Å². The fourth-order valence-electron chi connectivity index (χ4n) is 2.63. The van der Waals surface area contributed by atoms with E-state index in [9.17, 15) is 13.6 Å². The second-order valence-corrected chi connectivity index (χ2v) is 5.48. The zero-order valence-electron chi connectivity index (χ0n) is 12.4. The van der Waals surface area contributed by atoms with Gasteiger partial charge < -0.3 is 10.1 Å². The second-order valence-electron chi connectivity index (χ2n) is 5.48. The molecular weight excluding hydrogens is 304 g/mol. The van der Waals surface area contributed by atoms with Crippen LogP contribution >= 0.6 is 0 Å². The molecule has 122 valence electrons. The number of ether oxygens (including phenoxy) is 1. The highest BCUT2D eigenvalue weighted by molar-refractivity contribution is 5.92. The number of nitrogens with zero attached hydrogens (tertiary/aromatic N) is 2. The molecule has 0 fully saturated rings. The van der Waals surface area contributed by atoms with Crippen LogP contribution in [0.25, 0.3) is 0 Å². The highest BCUT2D eigenvalue weighted by Crippen LogP contribution is 2.26. The summed E-state index contributed by atoms with van der Waals surface area (Å²) in [6, 6.07) is 9.13. The number of amides is 1. The van der Waals surface area contributed by atoms with E-state index < -0.39 is 12.5 Å². The molecule has 0 aliphatic carbocycles. The molecule has 1 atom stereocenters. The van der Waals surface area contributed by atoms with Gasteiger partial charge in [0.1, 0.15) is 11.4 Å². The van der Waals surface area contributed by atoms with E-state index in [2.05, 4.69) is 10.4 Å². The summed E-state index contributed by atoms with van der Waals surface area (Å²) in [6.45, 7) is -1.69. The molecule has 1 unspecified atom stereocenters. The zero-order valence-corrected chi connectivity index (χ0v) is 12.4. The van der Waals surface area contributed by atoms with Gasteiger partial charge in [-0.25, -0.2) is 4.68 Å². The van der Waals surface area contributed by atoms with Gasteiger partial charge in [-0.15, -0.1) is 0 Å². The highest BCUT2D eigenvalue weighted by Gasteiger charge is 2.19. The molecule has 0 saturated heterocycles. The SMILES string of the molecule is O=C(NCC1CCOc2ccccc2C1)c1ccn(C(F)F)n1. The molecule has 1 N–H and O–H groups in total. The van der Waals surface area contributed by atoms with Crippen molar-refractivity contribution in [3.05, 3.63) is 47.8 Å². The standard InChI is InChI=1S/C16H17F2N3O2/c17-16(18)21-7-5-13(20-21)15(22)19-10-11-6-8-23-14-4-2-1-3-12(14)9-11/h1-5,7,11,16H,6,8-10H2,(H,19,22). The molecule has 0 bridgehead atoms. The van der Waals surface area contributed by atoms with Gasteiger partial charge in [0.2, 0.25) is 0 Å². The van der Waals surface area contributed by atoms with Crippen molar-refractivity contribution in [3.63, 3.8) is 0 Å². The Morgan fingerprint density at radius 2 is 2.22 bits per heavy atom. The first-order chi connectivity index (χ1) is 11.1. The van der Waals surface area contributed by atoms with E-state index in [1.54, 1.807) is 0 Å². The Balaban J connectivity index is 1.58. The number of benzene rings is 1. The van der Waals surface area contributed by atoms with Crippen LogP contribution in [0.15, 0.2) is 36.5 Å². The Hall–Kier alpha value is -2.44. The third kappa shape index (κ3) is 3.67. The van der Waals surface area contributed by atoms with Crippen LogP contribution in [0.1, 0.15) is 29.0 Å². The molecular formula is C16H17F2N3O2. The van der Waals surface area contributed by atoms with Crippen molar-refractivity contribution in [2.45, 2.75) is 19.4 Å². The zero-order chi connectivity index (χ0) is 16.2. The third-order valence-corrected chi connectivity index (χ3v) is 3.86. The van der Waals surface area contributed by atoms with E-state index in [1.807, 2.05) is 24.3 Å². The molecule has 1 aromatic heterocycles. The maximum atomic E-state index is 12.5. The Kier molecular flexibility index (Phi) is 4.55. The van der Waals surface area contributed by atoms with E-state index in [0.717, 1.165) is 30.4 Å². The number of halogens is 2. The quantitative estimate of drug-likeness (QED) is 0.942. The molecule has 1 aliphatic heterocycles. The number of para-hydroxylation sites is 1. The van der Waals surface area contributed by atoms with Crippen LogP contribution in [0.5, 0.6) is 5.75 Å². The lowest BCUT2D eigenvalue weighted by atomic mass is 9.97. The molecule has 2 aromatic rings. The second kappa shape index (κ2) is 6.76. The topological polar surface area (TPSA) is 56.1 Å². The molecule has 1 aromatic carbocycles. The Morgan fingerprint density at radius 1 is 1.39 bits per heavy atom. The number of carbonyl (C=O) groups excluding carboxylic acids is 1. The van der Waals surface area contributed by atoms with Gasteiger partial charge in [0.25, 0.3) is 5.91 Å². The molecule has 1 aliphatic rings. The molecule has 0 spiro atoms. The molecule has 0 radical (unpaired) electrons. The summed E-state index contributed by atoms with van der Waals surface area (Å²) < 4.78 is 31.1. The smallest absolute Gasteiger partial charge is 0.333 e. The molecule has 2 heterocycles. The Labute approximate surface area is 132 Å². The summed E-state index contributed by atoms with van der Waals surface area (Å²) in [5.41, 5.74) is 1.11. The minimum absolute atomic E-state index is 0.00410. The number of hydrogen-bond acceptors (Lipinski definition) is 3. The van der Waals surface area contributed by atoms with Crippen LogP contribution in [0, 0.1) is 5.92 Å². The van der Waals surface area contributed by atoms with Crippen molar-refractivity contribution in [1.82, 2.24) is 15.1 Å². The van der Waals surface area contributed by atoms with Gasteiger partial charge in [-0.05, 0) is 36.5 Å². The summed E-state index contributed by atoms with van der Waals surface area (Å²) in [6.07, 6.45) is 2.72. The number of aromatic nitrogens is 2. The monoisotopic (exact) mass is 321 g/mol. The molecule has 23 heavy (non-hydrogen) atoms. The van der Waals surface area contributed by atoms with E-state index in [1.165, 1.54) is 6.07 Å². The van der Waals surface area contributed by atoms with Crippen molar-refractivity contribution in [2.24, 2.45) is 5.92 Å². The van der Waals surface area contributed by atoms with Crippen LogP contribution < -0.4 is 10.1 Å². The predicted octanol–water partition coefficient (Wildman–Crippen LogP) is 2.65. The lowest BCUT2D eigenvalue weighted by Gasteiger charge is -2.14. The summed E-state index contributed by atoms with van der Waals surface area (Å²) in [7, 11) is 0. The number of alkyl halides is 2. The van der Waals surface area contributed by atoms with Crippen molar-refractivity contribution in [2.75, 3.05) is 13.2 Å². The first-order valence-electron chi connectivity index (χ1n) is 7.45. The maximum absolute atomic E-state index is 12.5. The third-order valence-electron chi connectivity index (χ3n) is 3.86. The van der Waals surface area contributed by atoms with Gasteiger partial charge in [-0.3, -0.25) is 4.79 Å². The van der Waals surface area contributed by atoms with Crippen molar-refractivity contribution in [3.8, 4) is 5.75 Å².